The summed E-state index contributed by atoms with van der Waals surface area (Å²) in [6.07, 6.45) is 5.78. The highest BCUT2D eigenvalue weighted by Gasteiger charge is 2.85. The number of amides is 2. The summed E-state index contributed by atoms with van der Waals surface area (Å²) in [5, 5.41) is 3.22. The molecule has 4 spiro atoms. The van der Waals surface area contributed by atoms with E-state index in [4.69, 9.17) is 14.2 Å². The van der Waals surface area contributed by atoms with Crippen LogP contribution in [0.4, 0.5) is 5.69 Å². The van der Waals surface area contributed by atoms with Crippen molar-refractivity contribution in [2.45, 2.75) is 74.7 Å². The zero-order valence-corrected chi connectivity index (χ0v) is 21.6. The molecule has 5 saturated heterocycles. The first-order valence-corrected chi connectivity index (χ1v) is 13.1. The minimum Gasteiger partial charge on any atom is -0.480 e. The second kappa shape index (κ2) is 5.78. The molecule has 1 aromatic rings. The molecular weight excluding hydrogens is 458 g/mol. The highest BCUT2D eigenvalue weighted by molar-refractivity contribution is 6.09. The summed E-state index contributed by atoms with van der Waals surface area (Å²) < 4.78 is 18.3. The van der Waals surface area contributed by atoms with Crippen molar-refractivity contribution in [3.8, 4) is 11.5 Å². The number of hydrogen-bond donors (Lipinski definition) is 1. The number of fused-ring (bicyclic) bond motifs is 5. The Balaban J connectivity index is 1.31. The van der Waals surface area contributed by atoms with Gasteiger partial charge in [0.05, 0.1) is 29.5 Å². The minimum absolute atomic E-state index is 0.00453. The van der Waals surface area contributed by atoms with E-state index in [1.165, 1.54) is 0 Å². The molecule has 7 heterocycles. The lowest BCUT2D eigenvalue weighted by molar-refractivity contribution is -0.191. The largest absolute Gasteiger partial charge is 0.480 e. The number of carbonyl (C=O) groups is 2. The van der Waals surface area contributed by atoms with Gasteiger partial charge in [-0.2, -0.15) is 0 Å². The lowest BCUT2D eigenvalue weighted by Gasteiger charge is -2.64. The fraction of sp³-hybridized carbons (Fsp3) is 0.643. The number of anilines is 1. The summed E-state index contributed by atoms with van der Waals surface area (Å²) in [6, 6.07) is 3.99. The molecule has 7 aliphatic heterocycles. The molecule has 2 amide bonds. The molecular formula is C28H33N3O5. The number of carbonyl (C=O) groups excluding carboxylic acids is 2. The quantitative estimate of drug-likeness (QED) is 0.562. The van der Waals surface area contributed by atoms with Crippen molar-refractivity contribution in [2.24, 2.45) is 11.3 Å². The summed E-state index contributed by atoms with van der Waals surface area (Å²) in [7, 11) is 1.96. The molecule has 1 aromatic carbocycles. The number of piperidine rings is 2. The summed E-state index contributed by atoms with van der Waals surface area (Å²) in [5.41, 5.74) is -1.41. The zero-order valence-electron chi connectivity index (χ0n) is 21.6. The molecule has 0 aromatic heterocycles. The maximum absolute atomic E-state index is 14.2. The first-order valence-electron chi connectivity index (χ1n) is 13.1. The van der Waals surface area contributed by atoms with Crippen LogP contribution in [0.25, 0.3) is 0 Å². The molecule has 1 saturated carbocycles. The van der Waals surface area contributed by atoms with E-state index in [0.717, 1.165) is 31.5 Å². The van der Waals surface area contributed by atoms with Crippen LogP contribution in [0.15, 0.2) is 24.5 Å². The molecule has 8 aliphatic rings. The van der Waals surface area contributed by atoms with Gasteiger partial charge in [0.2, 0.25) is 11.8 Å². The SMILES string of the molecule is CN1C(=O)C23CC4C1(CN2CCC31CO1)CC1(C(=O)Nc2c1ccc1c2OC=CC(C)(C)O1)C4(C)C. The van der Waals surface area contributed by atoms with E-state index in [9.17, 15) is 9.59 Å². The molecule has 1 aliphatic carbocycles. The normalized spacial score (nSPS) is 44.0. The van der Waals surface area contributed by atoms with Crippen LogP contribution in [0.5, 0.6) is 11.5 Å². The van der Waals surface area contributed by atoms with Gasteiger partial charge >= 0.3 is 0 Å². The van der Waals surface area contributed by atoms with Gasteiger partial charge in [0.15, 0.2) is 11.5 Å². The molecule has 5 atom stereocenters. The van der Waals surface area contributed by atoms with Crippen molar-refractivity contribution >= 4 is 17.5 Å². The zero-order chi connectivity index (χ0) is 25.1. The lowest BCUT2D eigenvalue weighted by Crippen LogP contribution is -2.81. The summed E-state index contributed by atoms with van der Waals surface area (Å²) in [4.78, 5) is 32.7. The van der Waals surface area contributed by atoms with Gasteiger partial charge in [-0.15, -0.1) is 0 Å². The van der Waals surface area contributed by atoms with E-state index in [1.807, 2.05) is 44.0 Å². The van der Waals surface area contributed by atoms with Gasteiger partial charge in [0.25, 0.3) is 0 Å². The van der Waals surface area contributed by atoms with Crippen LogP contribution in [0.2, 0.25) is 0 Å². The Kier molecular flexibility index (Phi) is 3.45. The Hall–Kier alpha value is -2.58. The van der Waals surface area contributed by atoms with Gasteiger partial charge in [0.1, 0.15) is 16.7 Å². The van der Waals surface area contributed by atoms with Crippen molar-refractivity contribution in [3.05, 3.63) is 30.0 Å². The van der Waals surface area contributed by atoms with Crippen LogP contribution in [-0.4, -0.2) is 70.6 Å². The Morgan fingerprint density at radius 1 is 1.14 bits per heavy atom. The van der Waals surface area contributed by atoms with Crippen molar-refractivity contribution in [2.75, 3.05) is 32.1 Å². The molecule has 36 heavy (non-hydrogen) atoms. The van der Waals surface area contributed by atoms with Crippen molar-refractivity contribution in [3.63, 3.8) is 0 Å². The van der Waals surface area contributed by atoms with Crippen LogP contribution in [0, 0.1) is 11.3 Å². The average molecular weight is 492 g/mol. The minimum atomic E-state index is -0.783. The third-order valence-corrected chi connectivity index (χ3v) is 11.3. The van der Waals surface area contributed by atoms with Crippen LogP contribution >= 0.6 is 0 Å². The van der Waals surface area contributed by atoms with Gasteiger partial charge in [-0.1, -0.05) is 19.9 Å². The Bertz CT molecular complexity index is 1310. The maximum Gasteiger partial charge on any atom is 0.246 e. The number of ether oxygens (including phenoxy) is 3. The fourth-order valence-electron chi connectivity index (χ4n) is 9.35. The average Bonchev–Trinajstić information content (AvgIpc) is 3.45. The van der Waals surface area contributed by atoms with Crippen molar-refractivity contribution in [1.82, 2.24) is 9.80 Å². The smallest absolute Gasteiger partial charge is 0.246 e. The van der Waals surface area contributed by atoms with Crippen LogP contribution < -0.4 is 14.8 Å². The molecule has 190 valence electrons. The van der Waals surface area contributed by atoms with Crippen LogP contribution in [-0.2, 0) is 19.7 Å². The number of nitrogens with one attached hydrogen (secondary N) is 1. The van der Waals surface area contributed by atoms with E-state index in [1.54, 1.807) is 6.26 Å². The third-order valence-electron chi connectivity index (χ3n) is 11.3. The molecule has 5 unspecified atom stereocenters. The monoisotopic (exact) mass is 491 g/mol. The van der Waals surface area contributed by atoms with Gasteiger partial charge in [-0.25, -0.2) is 0 Å². The second-order valence-electron chi connectivity index (χ2n) is 13.2. The molecule has 2 bridgehead atoms. The number of hydrogen-bond acceptors (Lipinski definition) is 6. The topological polar surface area (TPSA) is 83.6 Å². The highest BCUT2D eigenvalue weighted by atomic mass is 16.6. The molecule has 0 radical (unpaired) electrons. The predicted octanol–water partition coefficient (Wildman–Crippen LogP) is 2.81. The number of piperazine rings is 1. The number of benzene rings is 1. The molecule has 1 N–H and O–H groups in total. The Morgan fingerprint density at radius 2 is 1.92 bits per heavy atom. The maximum atomic E-state index is 14.2. The summed E-state index contributed by atoms with van der Waals surface area (Å²) in [5.74, 6) is 1.51. The lowest BCUT2D eigenvalue weighted by atomic mass is 9.56. The van der Waals surface area contributed by atoms with E-state index in [0.29, 0.717) is 30.2 Å². The molecule has 9 rings (SSSR count). The standard InChI is InChI=1S/C28H33N3O5/c1-23(2)9-11-34-20-17(36-23)7-6-16-19(20)29-21(32)27(16)13-25-14-31-10-8-26(15-35-26)28(31,22(33)30(25)5)12-18(25)24(27,3)4/h6-7,9,11,18H,8,10,12-15H2,1-5H3,(H,29,32). The number of likely N-dealkylation sites (N-methyl/N-ethyl adjacent to an activating group) is 1. The first-order chi connectivity index (χ1) is 16.9. The Labute approximate surface area is 210 Å². The Morgan fingerprint density at radius 3 is 2.67 bits per heavy atom. The van der Waals surface area contributed by atoms with Crippen LogP contribution in [0.1, 0.15) is 52.5 Å². The molecule has 8 nitrogen and oxygen atoms in total. The third kappa shape index (κ3) is 1.97. The van der Waals surface area contributed by atoms with E-state index >= 15 is 0 Å². The van der Waals surface area contributed by atoms with E-state index in [-0.39, 0.29) is 23.3 Å². The first kappa shape index (κ1) is 21.5. The van der Waals surface area contributed by atoms with Gasteiger partial charge in [0, 0.05) is 20.1 Å². The molecule has 8 heteroatoms. The van der Waals surface area contributed by atoms with Gasteiger partial charge in [-0.05, 0) is 62.1 Å². The second-order valence-corrected chi connectivity index (χ2v) is 13.2. The van der Waals surface area contributed by atoms with Gasteiger partial charge < -0.3 is 24.4 Å². The number of epoxide rings is 1. The molecule has 6 fully saturated rings. The summed E-state index contributed by atoms with van der Waals surface area (Å²) >= 11 is 0. The number of rotatable bonds is 0. The van der Waals surface area contributed by atoms with Crippen LogP contribution in [0.3, 0.4) is 0 Å². The van der Waals surface area contributed by atoms with E-state index in [2.05, 4.69) is 24.1 Å². The van der Waals surface area contributed by atoms with Crippen molar-refractivity contribution < 1.29 is 23.8 Å². The van der Waals surface area contributed by atoms with Gasteiger partial charge in [-0.3, -0.25) is 14.5 Å². The fourth-order valence-corrected chi connectivity index (χ4v) is 9.35. The van der Waals surface area contributed by atoms with E-state index < -0.39 is 27.5 Å². The number of nitrogens with zero attached hydrogens (tertiary/aromatic N) is 2. The highest BCUT2D eigenvalue weighted by Crippen LogP contribution is 2.74. The predicted molar refractivity (Wildman–Crippen MR) is 131 cm³/mol. The van der Waals surface area contributed by atoms with Crippen molar-refractivity contribution in [1.29, 1.82) is 0 Å². The summed E-state index contributed by atoms with van der Waals surface area (Å²) in [6.45, 7) is 10.8.